The van der Waals surface area contributed by atoms with Crippen LogP contribution in [0.2, 0.25) is 0 Å². The smallest absolute Gasteiger partial charge is 0.416 e. The standard InChI is InChI=1S/C20H33N3O2/c1-6-8-15-23(19(24)25-20(3,4)5)18-16(11-9-13-21-18)17-12-10-14-22(17)7-2/h9,11,13,17H,6-8,10,12,14-15H2,1-5H3/t17-/m0/s1. The summed E-state index contributed by atoms with van der Waals surface area (Å²) >= 11 is 0. The van der Waals surface area contributed by atoms with Crippen LogP contribution in [0.1, 0.15) is 71.9 Å². The molecule has 0 aliphatic carbocycles. The molecular weight excluding hydrogens is 314 g/mol. The summed E-state index contributed by atoms with van der Waals surface area (Å²) in [6, 6.07) is 4.42. The lowest BCUT2D eigenvalue weighted by atomic mass is 10.0. The third-order valence-corrected chi connectivity index (χ3v) is 4.55. The van der Waals surface area contributed by atoms with Gasteiger partial charge in [0.15, 0.2) is 0 Å². The number of ether oxygens (including phenoxy) is 1. The number of amides is 1. The first kappa shape index (κ1) is 19.7. The molecule has 1 aliphatic heterocycles. The third-order valence-electron chi connectivity index (χ3n) is 4.55. The fourth-order valence-corrected chi connectivity index (χ4v) is 3.37. The van der Waals surface area contributed by atoms with Crippen LogP contribution in [-0.4, -0.2) is 41.2 Å². The SMILES string of the molecule is CCCCN(C(=O)OC(C)(C)C)c1ncccc1[C@@H]1CCCN1CC. The highest BCUT2D eigenvalue weighted by Crippen LogP contribution is 2.36. The highest BCUT2D eigenvalue weighted by Gasteiger charge is 2.31. The van der Waals surface area contributed by atoms with E-state index in [4.69, 9.17) is 4.74 Å². The van der Waals surface area contributed by atoms with Crippen molar-refractivity contribution in [2.24, 2.45) is 0 Å². The van der Waals surface area contributed by atoms with Gasteiger partial charge in [0.1, 0.15) is 11.4 Å². The minimum atomic E-state index is -0.515. The monoisotopic (exact) mass is 347 g/mol. The zero-order valence-corrected chi connectivity index (χ0v) is 16.4. The van der Waals surface area contributed by atoms with E-state index < -0.39 is 5.60 Å². The predicted octanol–water partition coefficient (Wildman–Crippen LogP) is 4.78. The van der Waals surface area contributed by atoms with Gasteiger partial charge in [0.05, 0.1) is 0 Å². The number of pyridine rings is 1. The molecule has 1 atom stereocenters. The normalized spacial score (nSPS) is 18.4. The second-order valence-corrected chi connectivity index (χ2v) is 7.69. The maximum atomic E-state index is 12.8. The average molecular weight is 348 g/mol. The molecule has 1 aromatic heterocycles. The number of hydrogen-bond donors (Lipinski definition) is 0. The van der Waals surface area contributed by atoms with E-state index in [-0.39, 0.29) is 6.09 Å². The molecule has 25 heavy (non-hydrogen) atoms. The molecule has 5 heteroatoms. The Hall–Kier alpha value is -1.62. The van der Waals surface area contributed by atoms with Crippen LogP contribution in [0.5, 0.6) is 0 Å². The van der Waals surface area contributed by atoms with Crippen LogP contribution in [0.3, 0.4) is 0 Å². The van der Waals surface area contributed by atoms with Crippen LogP contribution in [-0.2, 0) is 4.74 Å². The number of carbonyl (C=O) groups excluding carboxylic acids is 1. The molecule has 0 N–H and O–H groups in total. The van der Waals surface area contributed by atoms with Crippen molar-refractivity contribution in [1.29, 1.82) is 0 Å². The lowest BCUT2D eigenvalue weighted by molar-refractivity contribution is 0.0578. The molecule has 2 heterocycles. The van der Waals surface area contributed by atoms with Gasteiger partial charge in [-0.2, -0.15) is 0 Å². The van der Waals surface area contributed by atoms with Crippen LogP contribution in [0, 0.1) is 0 Å². The van der Waals surface area contributed by atoms with E-state index in [1.54, 1.807) is 11.1 Å². The Kier molecular flexibility index (Phi) is 6.82. The van der Waals surface area contributed by atoms with Crippen molar-refractivity contribution < 1.29 is 9.53 Å². The molecular formula is C20H33N3O2. The summed E-state index contributed by atoms with van der Waals surface area (Å²) < 4.78 is 5.66. The van der Waals surface area contributed by atoms with Gasteiger partial charge in [-0.3, -0.25) is 9.80 Å². The topological polar surface area (TPSA) is 45.7 Å². The minimum absolute atomic E-state index is 0.304. The summed E-state index contributed by atoms with van der Waals surface area (Å²) in [6.07, 6.45) is 5.72. The van der Waals surface area contributed by atoms with Crippen molar-refractivity contribution in [2.75, 3.05) is 24.5 Å². The molecule has 1 aromatic rings. The fourth-order valence-electron chi connectivity index (χ4n) is 3.37. The quantitative estimate of drug-likeness (QED) is 0.743. The number of anilines is 1. The van der Waals surface area contributed by atoms with Gasteiger partial charge in [-0.1, -0.05) is 26.3 Å². The van der Waals surface area contributed by atoms with E-state index >= 15 is 0 Å². The molecule has 1 fully saturated rings. The average Bonchev–Trinajstić information content (AvgIpc) is 3.02. The molecule has 5 nitrogen and oxygen atoms in total. The number of rotatable bonds is 6. The summed E-state index contributed by atoms with van der Waals surface area (Å²) in [4.78, 5) is 21.6. The van der Waals surface area contributed by atoms with E-state index in [1.807, 2.05) is 26.8 Å². The summed E-state index contributed by atoms with van der Waals surface area (Å²) in [7, 11) is 0. The van der Waals surface area contributed by atoms with E-state index in [0.717, 1.165) is 43.7 Å². The number of likely N-dealkylation sites (tertiary alicyclic amines) is 1. The first-order valence-electron chi connectivity index (χ1n) is 9.56. The fraction of sp³-hybridized carbons (Fsp3) is 0.700. The van der Waals surface area contributed by atoms with E-state index in [1.165, 1.54) is 6.42 Å². The van der Waals surface area contributed by atoms with Crippen molar-refractivity contribution in [3.63, 3.8) is 0 Å². The Morgan fingerprint density at radius 3 is 2.80 bits per heavy atom. The number of aromatic nitrogens is 1. The van der Waals surface area contributed by atoms with Gasteiger partial charge in [0.2, 0.25) is 0 Å². The highest BCUT2D eigenvalue weighted by atomic mass is 16.6. The van der Waals surface area contributed by atoms with Crippen molar-refractivity contribution in [3.8, 4) is 0 Å². The van der Waals surface area contributed by atoms with Gasteiger partial charge in [-0.15, -0.1) is 0 Å². The van der Waals surface area contributed by atoms with Crippen LogP contribution in [0.4, 0.5) is 10.6 Å². The summed E-state index contributed by atoms with van der Waals surface area (Å²) in [5, 5.41) is 0. The second-order valence-electron chi connectivity index (χ2n) is 7.69. The molecule has 0 saturated carbocycles. The van der Waals surface area contributed by atoms with Gasteiger partial charge in [-0.25, -0.2) is 9.78 Å². The molecule has 1 amide bonds. The number of nitrogens with zero attached hydrogens (tertiary/aromatic N) is 3. The Morgan fingerprint density at radius 1 is 1.40 bits per heavy atom. The van der Waals surface area contributed by atoms with E-state index in [9.17, 15) is 4.79 Å². The molecule has 0 unspecified atom stereocenters. The van der Waals surface area contributed by atoms with Gasteiger partial charge in [-0.05, 0) is 59.2 Å². The molecule has 1 aliphatic rings. The first-order chi connectivity index (χ1) is 11.9. The summed E-state index contributed by atoms with van der Waals surface area (Å²) in [6.45, 7) is 12.8. The van der Waals surface area contributed by atoms with Crippen molar-refractivity contribution in [3.05, 3.63) is 23.9 Å². The molecule has 0 radical (unpaired) electrons. The Morgan fingerprint density at radius 2 is 2.16 bits per heavy atom. The Bertz CT molecular complexity index is 568. The highest BCUT2D eigenvalue weighted by molar-refractivity contribution is 5.87. The maximum Gasteiger partial charge on any atom is 0.416 e. The van der Waals surface area contributed by atoms with Gasteiger partial charge in [0, 0.05) is 24.3 Å². The van der Waals surface area contributed by atoms with Crippen molar-refractivity contribution in [2.45, 2.75) is 71.9 Å². The third kappa shape index (κ3) is 5.18. The molecule has 0 bridgehead atoms. The zero-order valence-electron chi connectivity index (χ0n) is 16.4. The lowest BCUT2D eigenvalue weighted by Gasteiger charge is -2.31. The summed E-state index contributed by atoms with van der Waals surface area (Å²) in [5.41, 5.74) is 0.628. The number of hydrogen-bond acceptors (Lipinski definition) is 4. The maximum absolute atomic E-state index is 12.8. The molecule has 140 valence electrons. The Labute approximate surface area is 152 Å². The minimum Gasteiger partial charge on any atom is -0.443 e. The van der Waals surface area contributed by atoms with Crippen LogP contribution in [0.25, 0.3) is 0 Å². The summed E-state index contributed by atoms with van der Waals surface area (Å²) in [5.74, 6) is 0.760. The zero-order chi connectivity index (χ0) is 18.4. The second kappa shape index (κ2) is 8.65. The molecule has 0 spiro atoms. The van der Waals surface area contributed by atoms with Crippen LogP contribution >= 0.6 is 0 Å². The number of unbranched alkanes of at least 4 members (excludes halogenated alkanes) is 1. The predicted molar refractivity (Wildman–Crippen MR) is 102 cm³/mol. The molecule has 0 aromatic carbocycles. The molecule has 1 saturated heterocycles. The van der Waals surface area contributed by atoms with Crippen LogP contribution in [0.15, 0.2) is 18.3 Å². The van der Waals surface area contributed by atoms with Crippen molar-refractivity contribution >= 4 is 11.9 Å². The first-order valence-corrected chi connectivity index (χ1v) is 9.56. The van der Waals surface area contributed by atoms with E-state index in [0.29, 0.717) is 12.6 Å². The van der Waals surface area contributed by atoms with Crippen LogP contribution < -0.4 is 4.90 Å². The number of carbonyl (C=O) groups is 1. The largest absolute Gasteiger partial charge is 0.443 e. The van der Waals surface area contributed by atoms with Gasteiger partial charge >= 0.3 is 6.09 Å². The lowest BCUT2D eigenvalue weighted by Crippen LogP contribution is -2.39. The molecule has 2 rings (SSSR count). The Balaban J connectivity index is 2.35. The van der Waals surface area contributed by atoms with E-state index in [2.05, 4.69) is 29.8 Å². The van der Waals surface area contributed by atoms with Crippen molar-refractivity contribution in [1.82, 2.24) is 9.88 Å². The van der Waals surface area contributed by atoms with Gasteiger partial charge < -0.3 is 4.74 Å². The van der Waals surface area contributed by atoms with Gasteiger partial charge in [0.25, 0.3) is 0 Å².